The Balaban J connectivity index is 1.68. The van der Waals surface area contributed by atoms with Crippen molar-refractivity contribution < 1.29 is 9.47 Å². The van der Waals surface area contributed by atoms with Crippen molar-refractivity contribution in [1.29, 1.82) is 0 Å². The minimum atomic E-state index is 0.437. The molecular weight excluding hydrogens is 348 g/mol. The summed E-state index contributed by atoms with van der Waals surface area (Å²) in [6.45, 7) is 13.3. The second kappa shape index (κ2) is 8.81. The molecule has 1 aromatic heterocycles. The molecule has 4 rings (SSSR count). The van der Waals surface area contributed by atoms with Crippen molar-refractivity contribution in [3.8, 4) is 11.3 Å². The summed E-state index contributed by atoms with van der Waals surface area (Å²) in [5.74, 6) is 0.561. The predicted octanol–water partition coefficient (Wildman–Crippen LogP) is 4.77. The minimum Gasteiger partial charge on any atom is -0.379 e. The quantitative estimate of drug-likeness (QED) is 0.745. The summed E-state index contributed by atoms with van der Waals surface area (Å²) in [7, 11) is 0. The number of rotatable bonds is 5. The largest absolute Gasteiger partial charge is 0.379 e. The first-order valence-corrected chi connectivity index (χ1v) is 10.8. The van der Waals surface area contributed by atoms with Crippen LogP contribution in [0, 0.1) is 6.92 Å². The van der Waals surface area contributed by atoms with Crippen LogP contribution < -0.4 is 0 Å². The molecule has 0 bridgehead atoms. The number of morpholine rings is 1. The van der Waals surface area contributed by atoms with Crippen molar-refractivity contribution in [2.45, 2.75) is 52.1 Å². The highest BCUT2D eigenvalue weighted by atomic mass is 16.5. The van der Waals surface area contributed by atoms with E-state index in [9.17, 15) is 0 Å². The zero-order chi connectivity index (χ0) is 19.5. The number of benzene rings is 1. The Hall–Kier alpha value is -1.62. The average Bonchev–Trinajstić information content (AvgIpc) is 3.05. The van der Waals surface area contributed by atoms with E-state index in [1.807, 2.05) is 0 Å². The van der Waals surface area contributed by atoms with Gasteiger partial charge in [-0.25, -0.2) is 0 Å². The van der Waals surface area contributed by atoms with Crippen LogP contribution in [-0.2, 0) is 16.0 Å². The summed E-state index contributed by atoms with van der Waals surface area (Å²) in [5.41, 5.74) is 6.88. The molecule has 3 heterocycles. The molecule has 0 N–H and O–H groups in total. The highest BCUT2D eigenvalue weighted by Gasteiger charge is 2.24. The van der Waals surface area contributed by atoms with Gasteiger partial charge < -0.3 is 14.0 Å². The van der Waals surface area contributed by atoms with Gasteiger partial charge in [-0.15, -0.1) is 0 Å². The van der Waals surface area contributed by atoms with Crippen molar-refractivity contribution in [3.63, 3.8) is 0 Å². The van der Waals surface area contributed by atoms with Gasteiger partial charge in [-0.3, -0.25) is 4.90 Å². The van der Waals surface area contributed by atoms with Crippen molar-refractivity contribution in [2.75, 3.05) is 39.5 Å². The van der Waals surface area contributed by atoms with Crippen LogP contribution in [-0.4, -0.2) is 49.0 Å². The molecular formula is C24H34N2O2. The van der Waals surface area contributed by atoms with E-state index in [0.717, 1.165) is 52.5 Å². The van der Waals surface area contributed by atoms with Gasteiger partial charge in [0.25, 0.3) is 0 Å². The fraction of sp³-hybridized carbons (Fsp3) is 0.583. The summed E-state index contributed by atoms with van der Waals surface area (Å²) in [6, 6.07) is 12.0. The fourth-order valence-corrected chi connectivity index (χ4v) is 4.49. The van der Waals surface area contributed by atoms with Crippen molar-refractivity contribution in [2.24, 2.45) is 0 Å². The first-order chi connectivity index (χ1) is 13.6. The van der Waals surface area contributed by atoms with Crippen LogP contribution in [0.15, 0.2) is 30.3 Å². The van der Waals surface area contributed by atoms with Gasteiger partial charge in [0.15, 0.2) is 0 Å². The Labute approximate surface area is 169 Å². The summed E-state index contributed by atoms with van der Waals surface area (Å²) in [6.07, 6.45) is 2.34. The lowest BCUT2D eigenvalue weighted by atomic mass is 10.0. The van der Waals surface area contributed by atoms with E-state index in [4.69, 9.17) is 9.47 Å². The topological polar surface area (TPSA) is 26.6 Å². The van der Waals surface area contributed by atoms with Crippen LogP contribution in [0.5, 0.6) is 0 Å². The van der Waals surface area contributed by atoms with E-state index in [1.165, 1.54) is 34.5 Å². The first kappa shape index (κ1) is 19.7. The molecule has 2 saturated heterocycles. The summed E-state index contributed by atoms with van der Waals surface area (Å²) in [4.78, 5) is 2.51. The number of aromatic nitrogens is 1. The van der Waals surface area contributed by atoms with Gasteiger partial charge >= 0.3 is 0 Å². The van der Waals surface area contributed by atoms with E-state index in [2.05, 4.69) is 60.6 Å². The van der Waals surface area contributed by atoms with Gasteiger partial charge in [0.2, 0.25) is 0 Å². The van der Waals surface area contributed by atoms with E-state index in [-0.39, 0.29) is 0 Å². The molecule has 1 atom stereocenters. The Morgan fingerprint density at radius 1 is 1.04 bits per heavy atom. The van der Waals surface area contributed by atoms with Crippen LogP contribution in [0.2, 0.25) is 0 Å². The Morgan fingerprint density at radius 3 is 2.43 bits per heavy atom. The van der Waals surface area contributed by atoms with E-state index in [1.54, 1.807) is 0 Å². The molecule has 0 amide bonds. The zero-order valence-electron chi connectivity index (χ0n) is 17.6. The van der Waals surface area contributed by atoms with Crippen LogP contribution in [0.25, 0.3) is 11.3 Å². The fourth-order valence-electron chi connectivity index (χ4n) is 4.49. The Bertz CT molecular complexity index is 767. The first-order valence-electron chi connectivity index (χ1n) is 10.8. The van der Waals surface area contributed by atoms with Gasteiger partial charge in [-0.1, -0.05) is 38.1 Å². The van der Waals surface area contributed by atoms with Crippen LogP contribution >= 0.6 is 0 Å². The second-order valence-corrected chi connectivity index (χ2v) is 8.55. The number of hydrogen-bond acceptors (Lipinski definition) is 3. The van der Waals surface area contributed by atoms with Gasteiger partial charge in [0, 0.05) is 37.6 Å². The normalized spacial score (nSPS) is 21.4. The summed E-state index contributed by atoms with van der Waals surface area (Å²) >= 11 is 0. The molecule has 4 heteroatoms. The molecule has 2 fully saturated rings. The lowest BCUT2D eigenvalue weighted by Crippen LogP contribution is -2.35. The molecule has 0 saturated carbocycles. The molecule has 4 nitrogen and oxygen atoms in total. The minimum absolute atomic E-state index is 0.437. The SMILES string of the molecule is Cc1c(CN2CCOCC2)cc(-c2ccc(C(C)C)cc2)n1C1CCCOC1. The Morgan fingerprint density at radius 2 is 1.79 bits per heavy atom. The van der Waals surface area contributed by atoms with Crippen LogP contribution in [0.4, 0.5) is 0 Å². The van der Waals surface area contributed by atoms with E-state index in [0.29, 0.717) is 12.0 Å². The molecule has 0 radical (unpaired) electrons. The average molecular weight is 383 g/mol. The third kappa shape index (κ3) is 4.19. The monoisotopic (exact) mass is 382 g/mol. The second-order valence-electron chi connectivity index (χ2n) is 8.55. The number of ether oxygens (including phenoxy) is 2. The van der Waals surface area contributed by atoms with E-state index < -0.39 is 0 Å². The molecule has 28 heavy (non-hydrogen) atoms. The van der Waals surface area contributed by atoms with Gasteiger partial charge in [0.1, 0.15) is 0 Å². The van der Waals surface area contributed by atoms with Crippen LogP contribution in [0.3, 0.4) is 0 Å². The predicted molar refractivity (Wildman–Crippen MR) is 114 cm³/mol. The maximum Gasteiger partial charge on any atom is 0.0674 e. The molecule has 2 aromatic rings. The van der Waals surface area contributed by atoms with Gasteiger partial charge in [0.05, 0.1) is 25.9 Å². The smallest absolute Gasteiger partial charge is 0.0674 e. The molecule has 0 aliphatic carbocycles. The molecule has 1 unspecified atom stereocenters. The summed E-state index contributed by atoms with van der Waals surface area (Å²) < 4.78 is 13.9. The van der Waals surface area contributed by atoms with E-state index >= 15 is 0 Å². The maximum atomic E-state index is 5.84. The molecule has 0 spiro atoms. The molecule has 152 valence electrons. The molecule has 2 aliphatic heterocycles. The highest BCUT2D eigenvalue weighted by molar-refractivity contribution is 5.63. The zero-order valence-corrected chi connectivity index (χ0v) is 17.6. The lowest BCUT2D eigenvalue weighted by molar-refractivity contribution is 0.0339. The van der Waals surface area contributed by atoms with Crippen LogP contribution in [0.1, 0.15) is 55.5 Å². The van der Waals surface area contributed by atoms with Crippen molar-refractivity contribution >= 4 is 0 Å². The standard InChI is InChI=1S/C24H34N2O2/c1-18(2)20-6-8-21(9-7-20)24-15-22(16-25-10-13-27-14-11-25)19(3)26(24)23-5-4-12-28-17-23/h6-9,15,18,23H,4-5,10-14,16-17H2,1-3H3. The lowest BCUT2D eigenvalue weighted by Gasteiger charge is -2.28. The van der Waals surface area contributed by atoms with Gasteiger partial charge in [-0.2, -0.15) is 0 Å². The van der Waals surface area contributed by atoms with Crippen molar-refractivity contribution in [3.05, 3.63) is 47.2 Å². The third-order valence-corrected chi connectivity index (χ3v) is 6.27. The van der Waals surface area contributed by atoms with Crippen molar-refractivity contribution in [1.82, 2.24) is 9.47 Å². The Kier molecular flexibility index (Phi) is 6.19. The third-order valence-electron chi connectivity index (χ3n) is 6.27. The molecule has 2 aliphatic rings. The maximum absolute atomic E-state index is 5.84. The highest BCUT2D eigenvalue weighted by Crippen LogP contribution is 2.34. The molecule has 1 aromatic carbocycles. The summed E-state index contributed by atoms with van der Waals surface area (Å²) in [5, 5.41) is 0. The number of nitrogens with zero attached hydrogens (tertiary/aromatic N) is 2. The van der Waals surface area contributed by atoms with Gasteiger partial charge in [-0.05, 0) is 48.4 Å². The number of hydrogen-bond donors (Lipinski definition) is 0.